The highest BCUT2D eigenvalue weighted by molar-refractivity contribution is 7.89. The molecule has 1 rings (SSSR count). The molecule has 1 aliphatic rings. The van der Waals surface area contributed by atoms with E-state index in [9.17, 15) is 8.42 Å². The predicted molar refractivity (Wildman–Crippen MR) is 63.6 cm³/mol. The third-order valence-corrected chi connectivity index (χ3v) is 4.46. The van der Waals surface area contributed by atoms with Crippen molar-refractivity contribution in [3.05, 3.63) is 0 Å². The van der Waals surface area contributed by atoms with E-state index in [0.717, 1.165) is 25.7 Å². The van der Waals surface area contributed by atoms with Gasteiger partial charge < -0.3 is 10.5 Å². The average molecular weight is 250 g/mol. The van der Waals surface area contributed by atoms with Crippen molar-refractivity contribution in [3.8, 4) is 0 Å². The Kier molecular flexibility index (Phi) is 5.68. The third-order valence-electron chi connectivity index (χ3n) is 3.10. The van der Waals surface area contributed by atoms with E-state index in [1.165, 1.54) is 7.11 Å². The largest absolute Gasteiger partial charge is 0.384 e. The van der Waals surface area contributed by atoms with E-state index in [0.29, 0.717) is 6.54 Å². The Morgan fingerprint density at radius 3 is 2.69 bits per heavy atom. The molecule has 0 radical (unpaired) electrons. The van der Waals surface area contributed by atoms with Crippen molar-refractivity contribution in [1.82, 2.24) is 4.72 Å². The second-order valence-electron chi connectivity index (χ2n) is 4.32. The summed E-state index contributed by atoms with van der Waals surface area (Å²) in [5.41, 5.74) is 5.65. The number of rotatable bonds is 6. The maximum atomic E-state index is 11.7. The lowest BCUT2D eigenvalue weighted by Crippen LogP contribution is -2.45. The zero-order valence-corrected chi connectivity index (χ0v) is 10.6. The second-order valence-corrected chi connectivity index (χ2v) is 6.19. The lowest BCUT2D eigenvalue weighted by molar-refractivity contribution is 0.216. The van der Waals surface area contributed by atoms with Gasteiger partial charge in [-0.05, 0) is 25.3 Å². The number of methoxy groups -OCH3 is 1. The fourth-order valence-electron chi connectivity index (χ4n) is 2.13. The van der Waals surface area contributed by atoms with Crippen molar-refractivity contribution in [1.29, 1.82) is 0 Å². The Labute approximate surface area is 97.8 Å². The fraction of sp³-hybridized carbons (Fsp3) is 1.00. The molecule has 6 heteroatoms. The first-order chi connectivity index (χ1) is 7.59. The molecule has 0 aliphatic heterocycles. The van der Waals surface area contributed by atoms with Crippen molar-refractivity contribution in [3.63, 3.8) is 0 Å². The van der Waals surface area contributed by atoms with Crippen LogP contribution in [-0.4, -0.2) is 40.5 Å². The SMILES string of the molecule is COCCS(=O)(=O)NC1CCCCC1CN. The van der Waals surface area contributed by atoms with Crippen molar-refractivity contribution in [2.24, 2.45) is 11.7 Å². The smallest absolute Gasteiger partial charge is 0.214 e. The molecule has 1 saturated carbocycles. The monoisotopic (exact) mass is 250 g/mol. The zero-order chi connectivity index (χ0) is 12.0. The van der Waals surface area contributed by atoms with Gasteiger partial charge in [0.05, 0.1) is 12.4 Å². The summed E-state index contributed by atoms with van der Waals surface area (Å²) in [5, 5.41) is 0. The molecule has 0 spiro atoms. The van der Waals surface area contributed by atoms with Crippen LogP contribution >= 0.6 is 0 Å². The van der Waals surface area contributed by atoms with Gasteiger partial charge in [-0.2, -0.15) is 0 Å². The summed E-state index contributed by atoms with van der Waals surface area (Å²) in [6.45, 7) is 0.785. The normalized spacial score (nSPS) is 26.9. The minimum absolute atomic E-state index is 0.0145. The molecule has 0 amide bonds. The van der Waals surface area contributed by atoms with Gasteiger partial charge in [-0.25, -0.2) is 13.1 Å². The Hall–Kier alpha value is -0.170. The zero-order valence-electron chi connectivity index (χ0n) is 9.81. The summed E-state index contributed by atoms with van der Waals surface area (Å²) >= 11 is 0. The summed E-state index contributed by atoms with van der Waals surface area (Å²) in [6.07, 6.45) is 4.15. The Bertz CT molecular complexity index is 292. The van der Waals surface area contributed by atoms with Crippen LogP contribution < -0.4 is 10.5 Å². The van der Waals surface area contributed by atoms with Crippen LogP contribution in [0.25, 0.3) is 0 Å². The van der Waals surface area contributed by atoms with Crippen LogP contribution in [0.5, 0.6) is 0 Å². The van der Waals surface area contributed by atoms with Crippen LogP contribution in [0.2, 0.25) is 0 Å². The van der Waals surface area contributed by atoms with Crippen LogP contribution in [0, 0.1) is 5.92 Å². The Balaban J connectivity index is 2.50. The summed E-state index contributed by atoms with van der Waals surface area (Å²) in [7, 11) is -1.72. The van der Waals surface area contributed by atoms with Gasteiger partial charge in [0.15, 0.2) is 0 Å². The summed E-state index contributed by atoms with van der Waals surface area (Å²) < 4.78 is 30.9. The van der Waals surface area contributed by atoms with E-state index < -0.39 is 10.0 Å². The van der Waals surface area contributed by atoms with Gasteiger partial charge in [0.25, 0.3) is 0 Å². The van der Waals surface area contributed by atoms with E-state index in [-0.39, 0.29) is 24.3 Å². The first kappa shape index (κ1) is 13.9. The van der Waals surface area contributed by atoms with E-state index in [4.69, 9.17) is 10.5 Å². The molecule has 0 aromatic heterocycles. The highest BCUT2D eigenvalue weighted by Crippen LogP contribution is 2.23. The van der Waals surface area contributed by atoms with Crippen molar-refractivity contribution in [2.75, 3.05) is 26.0 Å². The minimum atomic E-state index is -3.22. The van der Waals surface area contributed by atoms with Crippen molar-refractivity contribution < 1.29 is 13.2 Å². The van der Waals surface area contributed by atoms with Gasteiger partial charge in [-0.3, -0.25) is 0 Å². The van der Waals surface area contributed by atoms with Gasteiger partial charge in [0.1, 0.15) is 0 Å². The highest BCUT2D eigenvalue weighted by Gasteiger charge is 2.27. The molecular formula is C10H22N2O3S. The molecule has 1 fully saturated rings. The number of hydrogen-bond acceptors (Lipinski definition) is 4. The van der Waals surface area contributed by atoms with Crippen LogP contribution in [-0.2, 0) is 14.8 Å². The van der Waals surface area contributed by atoms with E-state index >= 15 is 0 Å². The van der Waals surface area contributed by atoms with Crippen molar-refractivity contribution in [2.45, 2.75) is 31.7 Å². The van der Waals surface area contributed by atoms with Crippen LogP contribution in [0.4, 0.5) is 0 Å². The molecule has 5 nitrogen and oxygen atoms in total. The average Bonchev–Trinajstić information content (AvgIpc) is 2.27. The molecule has 3 N–H and O–H groups in total. The molecule has 0 bridgehead atoms. The molecular weight excluding hydrogens is 228 g/mol. The molecule has 0 heterocycles. The van der Waals surface area contributed by atoms with Gasteiger partial charge in [-0.1, -0.05) is 12.8 Å². The first-order valence-corrected chi connectivity index (χ1v) is 7.43. The summed E-state index contributed by atoms with van der Waals surface area (Å²) in [6, 6.07) is 0.0145. The van der Waals surface area contributed by atoms with Crippen LogP contribution in [0.15, 0.2) is 0 Å². The molecule has 16 heavy (non-hydrogen) atoms. The fourth-order valence-corrected chi connectivity index (χ4v) is 3.40. The number of nitrogens with one attached hydrogen (secondary N) is 1. The van der Waals surface area contributed by atoms with Crippen LogP contribution in [0.1, 0.15) is 25.7 Å². The molecule has 0 aromatic rings. The van der Waals surface area contributed by atoms with Gasteiger partial charge in [0.2, 0.25) is 10.0 Å². The lowest BCUT2D eigenvalue weighted by atomic mass is 9.85. The molecule has 2 unspecified atom stereocenters. The van der Waals surface area contributed by atoms with Gasteiger partial charge in [0, 0.05) is 13.2 Å². The third kappa shape index (κ3) is 4.37. The first-order valence-electron chi connectivity index (χ1n) is 5.78. The van der Waals surface area contributed by atoms with Gasteiger partial charge >= 0.3 is 0 Å². The Morgan fingerprint density at radius 2 is 2.06 bits per heavy atom. The maximum Gasteiger partial charge on any atom is 0.214 e. The van der Waals surface area contributed by atoms with E-state index in [2.05, 4.69) is 4.72 Å². The molecule has 2 atom stereocenters. The number of hydrogen-bond donors (Lipinski definition) is 2. The summed E-state index contributed by atoms with van der Waals surface area (Å²) in [4.78, 5) is 0. The van der Waals surface area contributed by atoms with Gasteiger partial charge in [-0.15, -0.1) is 0 Å². The number of nitrogens with two attached hydrogens (primary N) is 1. The van der Waals surface area contributed by atoms with E-state index in [1.807, 2.05) is 0 Å². The number of ether oxygens (including phenoxy) is 1. The minimum Gasteiger partial charge on any atom is -0.384 e. The van der Waals surface area contributed by atoms with E-state index in [1.54, 1.807) is 0 Å². The standard InChI is InChI=1S/C10H22N2O3S/c1-15-6-7-16(13,14)12-10-5-3-2-4-9(10)8-11/h9-10,12H,2-8,11H2,1H3. The predicted octanol–water partition coefficient (Wildman–Crippen LogP) is 0.0697. The maximum absolute atomic E-state index is 11.7. The van der Waals surface area contributed by atoms with Crippen molar-refractivity contribution >= 4 is 10.0 Å². The molecule has 0 aromatic carbocycles. The topological polar surface area (TPSA) is 81.4 Å². The van der Waals surface area contributed by atoms with Crippen LogP contribution in [0.3, 0.4) is 0 Å². The second kappa shape index (κ2) is 6.54. The Morgan fingerprint density at radius 1 is 1.38 bits per heavy atom. The molecule has 1 aliphatic carbocycles. The summed E-state index contributed by atoms with van der Waals surface area (Å²) in [5.74, 6) is 0.308. The quantitative estimate of drug-likeness (QED) is 0.699. The lowest BCUT2D eigenvalue weighted by Gasteiger charge is -2.30. The number of sulfonamides is 1. The molecule has 0 saturated heterocycles. The molecule has 96 valence electrons. The highest BCUT2D eigenvalue weighted by atomic mass is 32.2.